The first-order valence-electron chi connectivity index (χ1n) is 10.9. The third-order valence-corrected chi connectivity index (χ3v) is 7.37. The minimum atomic E-state index is 0.0924. The van der Waals surface area contributed by atoms with Crippen molar-refractivity contribution in [3.05, 3.63) is 112 Å². The molecule has 3 aromatic carbocycles. The highest BCUT2D eigenvalue weighted by Gasteiger charge is 2.53. The van der Waals surface area contributed by atoms with Crippen LogP contribution in [0.3, 0.4) is 0 Å². The van der Waals surface area contributed by atoms with E-state index in [1.807, 2.05) is 0 Å². The molecule has 0 spiro atoms. The smallest absolute Gasteiger partial charge is 0.0674 e. The largest absolute Gasteiger partial charge is 0.377 e. The molecule has 0 radical (unpaired) electrons. The Morgan fingerprint density at radius 2 is 1.55 bits per heavy atom. The van der Waals surface area contributed by atoms with Crippen LogP contribution >= 0.6 is 0 Å². The Balaban J connectivity index is 1.51. The second-order valence-corrected chi connectivity index (χ2v) is 8.91. The van der Waals surface area contributed by atoms with Crippen LogP contribution in [0.1, 0.15) is 40.2 Å². The highest BCUT2D eigenvalue weighted by molar-refractivity contribution is 5.67. The summed E-state index contributed by atoms with van der Waals surface area (Å²) in [5.74, 6) is 0.438. The number of rotatable bonds is 4. The molecule has 29 heavy (non-hydrogen) atoms. The summed E-state index contributed by atoms with van der Waals surface area (Å²) in [6.45, 7) is 0.907. The van der Waals surface area contributed by atoms with Gasteiger partial charge in [0.15, 0.2) is 0 Å². The first-order chi connectivity index (χ1) is 14.3. The molecule has 0 N–H and O–H groups in total. The molecule has 0 saturated carbocycles. The van der Waals surface area contributed by atoms with Crippen LogP contribution in [0.25, 0.3) is 6.08 Å². The van der Waals surface area contributed by atoms with E-state index in [9.17, 15) is 0 Å². The van der Waals surface area contributed by atoms with Gasteiger partial charge in [0, 0.05) is 17.9 Å². The van der Waals surface area contributed by atoms with E-state index >= 15 is 0 Å². The first kappa shape index (κ1) is 17.2. The summed E-state index contributed by atoms with van der Waals surface area (Å²) in [6.07, 6.45) is 7.27. The van der Waals surface area contributed by atoms with Gasteiger partial charge in [0.05, 0.1) is 6.10 Å². The van der Waals surface area contributed by atoms with E-state index in [1.54, 1.807) is 5.57 Å². The number of allylic oxidation sites excluding steroid dienone is 1. The van der Waals surface area contributed by atoms with E-state index in [-0.39, 0.29) is 5.41 Å². The summed E-state index contributed by atoms with van der Waals surface area (Å²) >= 11 is 0. The molecule has 3 unspecified atom stereocenters. The van der Waals surface area contributed by atoms with Gasteiger partial charge in [-0.25, -0.2) is 0 Å². The monoisotopic (exact) mass is 378 g/mol. The SMILES string of the molecule is C1=C(C2(Cc3ccccc3)Cc3ccccc3C2C2CCO2)Cc2ccccc21. The van der Waals surface area contributed by atoms with Gasteiger partial charge in [-0.3, -0.25) is 0 Å². The zero-order valence-electron chi connectivity index (χ0n) is 16.7. The lowest BCUT2D eigenvalue weighted by atomic mass is 9.63. The molecule has 2 aliphatic carbocycles. The van der Waals surface area contributed by atoms with Crippen molar-refractivity contribution in [2.45, 2.75) is 37.7 Å². The Labute approximate surface area is 173 Å². The van der Waals surface area contributed by atoms with Crippen LogP contribution in [0.4, 0.5) is 0 Å². The van der Waals surface area contributed by atoms with Crippen LogP contribution in [0.15, 0.2) is 84.4 Å². The maximum atomic E-state index is 6.17. The molecule has 144 valence electrons. The zero-order chi connectivity index (χ0) is 19.3. The highest BCUT2D eigenvalue weighted by atomic mass is 16.5. The molecule has 6 rings (SSSR count). The van der Waals surface area contributed by atoms with Gasteiger partial charge in [0.25, 0.3) is 0 Å². The second-order valence-electron chi connectivity index (χ2n) is 8.91. The van der Waals surface area contributed by atoms with E-state index in [1.165, 1.54) is 34.2 Å². The van der Waals surface area contributed by atoms with E-state index in [0.717, 1.165) is 25.9 Å². The van der Waals surface area contributed by atoms with E-state index in [4.69, 9.17) is 4.74 Å². The summed E-state index contributed by atoms with van der Waals surface area (Å²) in [5.41, 5.74) is 9.03. The molecule has 1 saturated heterocycles. The van der Waals surface area contributed by atoms with Crippen LogP contribution in [0, 0.1) is 5.41 Å². The normalized spacial score (nSPS) is 27.1. The predicted molar refractivity (Wildman–Crippen MR) is 118 cm³/mol. The van der Waals surface area contributed by atoms with Gasteiger partial charge in [0.1, 0.15) is 0 Å². The molecule has 0 bridgehead atoms. The zero-order valence-corrected chi connectivity index (χ0v) is 16.7. The van der Waals surface area contributed by atoms with Gasteiger partial charge in [-0.05, 0) is 53.5 Å². The fourth-order valence-electron chi connectivity index (χ4n) is 5.98. The number of fused-ring (bicyclic) bond motifs is 2. The van der Waals surface area contributed by atoms with Gasteiger partial charge < -0.3 is 4.74 Å². The number of benzene rings is 3. The van der Waals surface area contributed by atoms with Crippen LogP contribution in [-0.4, -0.2) is 12.7 Å². The van der Waals surface area contributed by atoms with Crippen molar-refractivity contribution in [3.8, 4) is 0 Å². The minimum absolute atomic E-state index is 0.0924. The summed E-state index contributed by atoms with van der Waals surface area (Å²) in [4.78, 5) is 0. The molecular weight excluding hydrogens is 352 g/mol. The molecule has 3 aromatic rings. The summed E-state index contributed by atoms with van der Waals surface area (Å²) in [6, 6.07) is 29.1. The quantitative estimate of drug-likeness (QED) is 0.542. The van der Waals surface area contributed by atoms with Gasteiger partial charge in [-0.15, -0.1) is 0 Å². The fraction of sp³-hybridized carbons (Fsp3) is 0.286. The molecule has 1 heterocycles. The summed E-state index contributed by atoms with van der Waals surface area (Å²) < 4.78 is 6.17. The third-order valence-electron chi connectivity index (χ3n) is 7.37. The van der Waals surface area contributed by atoms with Gasteiger partial charge in [-0.1, -0.05) is 90.5 Å². The van der Waals surface area contributed by atoms with Crippen LogP contribution in [0.2, 0.25) is 0 Å². The van der Waals surface area contributed by atoms with Crippen molar-refractivity contribution in [3.63, 3.8) is 0 Å². The van der Waals surface area contributed by atoms with Gasteiger partial charge in [0.2, 0.25) is 0 Å². The topological polar surface area (TPSA) is 9.23 Å². The number of hydrogen-bond acceptors (Lipinski definition) is 1. The van der Waals surface area contributed by atoms with Crippen molar-refractivity contribution in [2.24, 2.45) is 5.41 Å². The standard InChI is InChI=1S/C28H26O/c1-2-8-20(9-3-1)18-28(24-16-21-10-4-5-11-22(21)17-24)19-23-12-6-7-13-25(23)27(28)26-14-15-29-26/h1-13,16,26-27H,14-15,17-19H2. The Morgan fingerprint density at radius 3 is 2.31 bits per heavy atom. The molecule has 1 aliphatic heterocycles. The van der Waals surface area contributed by atoms with Crippen LogP contribution in [-0.2, 0) is 24.0 Å². The predicted octanol–water partition coefficient (Wildman–Crippen LogP) is 5.98. The highest BCUT2D eigenvalue weighted by Crippen LogP contribution is 2.59. The molecule has 0 amide bonds. The molecule has 0 aromatic heterocycles. The lowest BCUT2D eigenvalue weighted by molar-refractivity contribution is -0.0841. The van der Waals surface area contributed by atoms with Crippen molar-refractivity contribution in [2.75, 3.05) is 6.61 Å². The Kier molecular flexibility index (Phi) is 3.99. The number of ether oxygens (including phenoxy) is 1. The fourth-order valence-corrected chi connectivity index (χ4v) is 5.98. The van der Waals surface area contributed by atoms with Crippen LogP contribution < -0.4 is 0 Å². The molecular formula is C28H26O. The van der Waals surface area contributed by atoms with Crippen LogP contribution in [0.5, 0.6) is 0 Å². The van der Waals surface area contributed by atoms with E-state index < -0.39 is 0 Å². The summed E-state index contributed by atoms with van der Waals surface area (Å²) in [7, 11) is 0. The van der Waals surface area contributed by atoms with Gasteiger partial charge >= 0.3 is 0 Å². The summed E-state index contributed by atoms with van der Waals surface area (Å²) in [5, 5.41) is 0. The van der Waals surface area contributed by atoms with E-state index in [0.29, 0.717) is 12.0 Å². The van der Waals surface area contributed by atoms with E-state index in [2.05, 4.69) is 84.9 Å². The maximum Gasteiger partial charge on any atom is 0.0674 e. The first-order valence-corrected chi connectivity index (χ1v) is 10.9. The van der Waals surface area contributed by atoms with Crippen molar-refractivity contribution in [1.82, 2.24) is 0 Å². The molecule has 3 atom stereocenters. The average Bonchev–Trinajstić information content (AvgIpc) is 3.29. The number of hydrogen-bond donors (Lipinski definition) is 0. The molecule has 1 fully saturated rings. The molecule has 1 nitrogen and oxygen atoms in total. The molecule has 3 aliphatic rings. The molecule has 1 heteroatoms. The third kappa shape index (κ3) is 2.72. The average molecular weight is 379 g/mol. The van der Waals surface area contributed by atoms with Crippen molar-refractivity contribution in [1.29, 1.82) is 0 Å². The Morgan fingerprint density at radius 1 is 0.828 bits per heavy atom. The van der Waals surface area contributed by atoms with Gasteiger partial charge in [-0.2, -0.15) is 0 Å². The lowest BCUT2D eigenvalue weighted by Crippen LogP contribution is -2.43. The Hall–Kier alpha value is -2.64. The second kappa shape index (κ2) is 6.71. The van der Waals surface area contributed by atoms with Crippen molar-refractivity contribution < 1.29 is 4.74 Å². The maximum absolute atomic E-state index is 6.17. The van der Waals surface area contributed by atoms with Crippen molar-refractivity contribution >= 4 is 6.08 Å². The lowest BCUT2D eigenvalue weighted by Gasteiger charge is -2.45. The minimum Gasteiger partial charge on any atom is -0.377 e. The Bertz CT molecular complexity index is 1080.